The highest BCUT2D eigenvalue weighted by atomic mass is 32.2. The molecular formula is C27H31FN8O4S. The van der Waals surface area contributed by atoms with Crippen LogP contribution in [0, 0.1) is 25.6 Å². The predicted molar refractivity (Wildman–Crippen MR) is 149 cm³/mol. The number of aryl methyl sites for hydroxylation is 2. The number of anilines is 3. The van der Waals surface area contributed by atoms with Gasteiger partial charge in [0.05, 0.1) is 35.2 Å². The molecule has 0 radical (unpaired) electrons. The summed E-state index contributed by atoms with van der Waals surface area (Å²) in [5.41, 5.74) is 1.81. The van der Waals surface area contributed by atoms with E-state index in [4.69, 9.17) is 4.52 Å². The number of nitrogens with one attached hydrogen (secondary N) is 3. The van der Waals surface area contributed by atoms with Crippen LogP contribution in [0.4, 0.5) is 21.6 Å². The molecule has 2 fully saturated rings. The van der Waals surface area contributed by atoms with E-state index in [2.05, 4.69) is 36.2 Å². The maximum absolute atomic E-state index is 14.1. The first-order valence-corrected chi connectivity index (χ1v) is 15.3. The third-order valence-electron chi connectivity index (χ3n) is 7.59. The summed E-state index contributed by atoms with van der Waals surface area (Å²) in [6, 6.07) is 3.69. The summed E-state index contributed by atoms with van der Waals surface area (Å²) < 4.78 is 46.7. The molecular weight excluding hydrogens is 551 g/mol. The van der Waals surface area contributed by atoms with Crippen LogP contribution in [0.5, 0.6) is 0 Å². The van der Waals surface area contributed by atoms with Crippen molar-refractivity contribution in [1.29, 1.82) is 0 Å². The zero-order valence-corrected chi connectivity index (χ0v) is 23.5. The molecule has 0 atom stereocenters. The van der Waals surface area contributed by atoms with Gasteiger partial charge in [-0.1, -0.05) is 5.16 Å². The standard InChI is InChI=1S/C27H31FN8O4S/c1-15-25(16(2)40-35-15)41(38,39)14-17-3-5-19(6-4-17)32-24-11-22(31-18-7-8-18)26-30-13-23(36(26)34-24)27(37)33-21-9-10-29-12-20(21)28/h9-13,17-19,31H,3-8,14H2,1-2H3,(H,32,34)(H,29,33,37). The van der Waals surface area contributed by atoms with Crippen LogP contribution >= 0.6 is 0 Å². The Labute approximate surface area is 236 Å². The number of imidazole rings is 1. The Kier molecular flexibility index (Phi) is 7.09. The lowest BCUT2D eigenvalue weighted by molar-refractivity contribution is 0.102. The van der Waals surface area contributed by atoms with Crippen molar-refractivity contribution in [3.63, 3.8) is 0 Å². The van der Waals surface area contributed by atoms with E-state index in [9.17, 15) is 17.6 Å². The van der Waals surface area contributed by atoms with E-state index in [1.54, 1.807) is 13.8 Å². The summed E-state index contributed by atoms with van der Waals surface area (Å²) in [5.74, 6) is -0.205. The highest BCUT2D eigenvalue weighted by Gasteiger charge is 2.31. The summed E-state index contributed by atoms with van der Waals surface area (Å²) in [4.78, 5) is 21.4. The van der Waals surface area contributed by atoms with Crippen LogP contribution in [-0.4, -0.2) is 56.9 Å². The molecule has 41 heavy (non-hydrogen) atoms. The molecule has 2 aliphatic carbocycles. The summed E-state index contributed by atoms with van der Waals surface area (Å²) in [5, 5.41) is 18.0. The fourth-order valence-corrected chi connectivity index (χ4v) is 7.49. The van der Waals surface area contributed by atoms with Gasteiger partial charge in [-0.25, -0.2) is 22.3 Å². The smallest absolute Gasteiger partial charge is 0.276 e. The van der Waals surface area contributed by atoms with Crippen molar-refractivity contribution in [1.82, 2.24) is 24.7 Å². The van der Waals surface area contributed by atoms with Crippen molar-refractivity contribution in [2.45, 2.75) is 69.4 Å². The average molecular weight is 583 g/mol. The molecule has 0 bridgehead atoms. The molecule has 1 amide bonds. The summed E-state index contributed by atoms with van der Waals surface area (Å²) in [7, 11) is -3.49. The molecule has 0 spiro atoms. The number of hydrogen-bond acceptors (Lipinski definition) is 10. The van der Waals surface area contributed by atoms with Crippen molar-refractivity contribution < 1.29 is 22.1 Å². The van der Waals surface area contributed by atoms with Crippen molar-refractivity contribution in [2.24, 2.45) is 5.92 Å². The van der Waals surface area contributed by atoms with Gasteiger partial charge in [-0.15, -0.1) is 5.10 Å². The number of nitrogens with zero attached hydrogens (tertiary/aromatic N) is 5. The van der Waals surface area contributed by atoms with E-state index in [0.717, 1.165) is 50.4 Å². The molecule has 6 rings (SSSR count). The third-order valence-corrected chi connectivity index (χ3v) is 9.71. The van der Waals surface area contributed by atoms with Gasteiger partial charge in [0.15, 0.2) is 32.8 Å². The maximum Gasteiger partial charge on any atom is 0.276 e. The first-order valence-electron chi connectivity index (χ1n) is 13.7. The van der Waals surface area contributed by atoms with Gasteiger partial charge >= 0.3 is 0 Å². The quantitative estimate of drug-likeness (QED) is 0.262. The van der Waals surface area contributed by atoms with Crippen molar-refractivity contribution in [3.8, 4) is 0 Å². The fraction of sp³-hybridized carbons (Fsp3) is 0.444. The topological polar surface area (TPSA) is 156 Å². The SMILES string of the molecule is Cc1noc(C)c1S(=O)(=O)CC1CCC(Nc2cc(NC3CC3)c3ncc(C(=O)Nc4ccncc4F)n3n2)CC1. The Hall–Kier alpha value is -4.07. The highest BCUT2D eigenvalue weighted by molar-refractivity contribution is 7.91. The zero-order chi connectivity index (χ0) is 28.7. The molecule has 4 aromatic rings. The second-order valence-corrected chi connectivity index (χ2v) is 12.8. The van der Waals surface area contributed by atoms with Crippen LogP contribution in [0.3, 0.4) is 0 Å². The number of aromatic nitrogens is 5. The molecule has 0 aromatic carbocycles. The Morgan fingerprint density at radius 1 is 1.07 bits per heavy atom. The normalized spacial score (nSPS) is 19.3. The molecule has 0 unspecified atom stereocenters. The van der Waals surface area contributed by atoms with E-state index in [-0.39, 0.29) is 34.0 Å². The molecule has 4 heterocycles. The highest BCUT2D eigenvalue weighted by Crippen LogP contribution is 2.32. The Balaban J connectivity index is 1.17. The minimum atomic E-state index is -3.49. The van der Waals surface area contributed by atoms with Gasteiger partial charge in [0.25, 0.3) is 5.91 Å². The Morgan fingerprint density at radius 2 is 1.80 bits per heavy atom. The maximum atomic E-state index is 14.1. The fourth-order valence-electron chi connectivity index (χ4n) is 5.41. The number of carbonyl (C=O) groups is 1. The second-order valence-electron chi connectivity index (χ2n) is 10.8. The molecule has 3 N–H and O–H groups in total. The molecule has 2 saturated carbocycles. The van der Waals surface area contributed by atoms with Gasteiger partial charge < -0.3 is 20.5 Å². The van der Waals surface area contributed by atoms with Gasteiger partial charge in [-0.05, 0) is 64.4 Å². The van der Waals surface area contributed by atoms with E-state index >= 15 is 0 Å². The summed E-state index contributed by atoms with van der Waals surface area (Å²) in [6.45, 7) is 3.27. The zero-order valence-electron chi connectivity index (χ0n) is 22.7. The largest absolute Gasteiger partial charge is 0.379 e. The monoisotopic (exact) mass is 582 g/mol. The van der Waals surface area contributed by atoms with Gasteiger partial charge in [0.2, 0.25) is 0 Å². The number of carbonyl (C=O) groups excluding carboxylic acids is 1. The Morgan fingerprint density at radius 3 is 2.49 bits per heavy atom. The van der Waals surface area contributed by atoms with E-state index in [0.29, 0.717) is 29.0 Å². The molecule has 12 nitrogen and oxygen atoms in total. The minimum absolute atomic E-state index is 0.0127. The summed E-state index contributed by atoms with van der Waals surface area (Å²) in [6.07, 6.45) is 8.97. The molecule has 14 heteroatoms. The molecule has 2 aliphatic rings. The number of amides is 1. The summed E-state index contributed by atoms with van der Waals surface area (Å²) >= 11 is 0. The van der Waals surface area contributed by atoms with E-state index < -0.39 is 21.6 Å². The number of sulfone groups is 1. The van der Waals surface area contributed by atoms with Crippen LogP contribution in [-0.2, 0) is 9.84 Å². The number of rotatable bonds is 9. The molecule has 0 saturated heterocycles. The van der Waals surface area contributed by atoms with Crippen LogP contribution in [0.15, 0.2) is 40.1 Å². The molecule has 216 valence electrons. The van der Waals surface area contributed by atoms with E-state index in [1.165, 1.54) is 23.0 Å². The predicted octanol–water partition coefficient (Wildman–Crippen LogP) is 4.14. The Bertz CT molecular complexity index is 1690. The number of hydrogen-bond donors (Lipinski definition) is 3. The van der Waals surface area contributed by atoms with Gasteiger partial charge in [-0.2, -0.15) is 0 Å². The van der Waals surface area contributed by atoms with Crippen molar-refractivity contribution >= 4 is 38.6 Å². The second kappa shape index (κ2) is 10.7. The molecule has 0 aliphatic heterocycles. The van der Waals surface area contributed by atoms with Crippen LogP contribution in [0.1, 0.15) is 60.5 Å². The van der Waals surface area contributed by atoms with Crippen molar-refractivity contribution in [3.05, 3.63) is 53.7 Å². The first kappa shape index (κ1) is 27.1. The van der Waals surface area contributed by atoms with Crippen LogP contribution in [0.2, 0.25) is 0 Å². The average Bonchev–Trinajstić information content (AvgIpc) is 3.53. The molecule has 4 aromatic heterocycles. The number of pyridine rings is 1. The van der Waals surface area contributed by atoms with Crippen LogP contribution in [0.25, 0.3) is 5.65 Å². The number of fused-ring (bicyclic) bond motifs is 1. The third kappa shape index (κ3) is 5.73. The van der Waals surface area contributed by atoms with Crippen molar-refractivity contribution in [2.75, 3.05) is 21.7 Å². The lowest BCUT2D eigenvalue weighted by Gasteiger charge is -2.29. The number of halogens is 1. The lowest BCUT2D eigenvalue weighted by Crippen LogP contribution is -2.30. The lowest BCUT2D eigenvalue weighted by atomic mass is 9.87. The first-order chi connectivity index (χ1) is 19.7. The van der Waals surface area contributed by atoms with Gasteiger partial charge in [0.1, 0.15) is 10.7 Å². The van der Waals surface area contributed by atoms with Crippen LogP contribution < -0.4 is 16.0 Å². The van der Waals surface area contributed by atoms with Gasteiger partial charge in [-0.3, -0.25) is 9.78 Å². The van der Waals surface area contributed by atoms with E-state index in [1.807, 2.05) is 6.07 Å². The minimum Gasteiger partial charge on any atom is -0.379 e. The van der Waals surface area contributed by atoms with Gasteiger partial charge in [0, 0.05) is 24.3 Å².